The van der Waals surface area contributed by atoms with Crippen LogP contribution < -0.4 is 4.74 Å². The molecule has 0 saturated heterocycles. The van der Waals surface area contributed by atoms with Crippen molar-refractivity contribution >= 4 is 11.6 Å². The van der Waals surface area contributed by atoms with E-state index in [4.69, 9.17) is 16.3 Å². The number of ether oxygens (including phenoxy) is 1. The molecule has 1 unspecified atom stereocenters. The van der Waals surface area contributed by atoms with E-state index in [0.29, 0.717) is 0 Å². The molecule has 1 atom stereocenters. The number of hydrogen-bond acceptors (Lipinski definition) is 2. The second kappa shape index (κ2) is 5.10. The first kappa shape index (κ1) is 14.1. The molecule has 0 radical (unpaired) electrons. The van der Waals surface area contributed by atoms with E-state index in [-0.39, 0.29) is 10.8 Å². The molecule has 0 amide bonds. The van der Waals surface area contributed by atoms with Crippen molar-refractivity contribution in [3.8, 4) is 5.75 Å². The Morgan fingerprint density at radius 2 is 1.94 bits per heavy atom. The molecule has 1 N–H and O–H groups in total. The van der Waals surface area contributed by atoms with E-state index in [1.54, 1.807) is 0 Å². The standard InChI is InChI=1S/C10H9ClF4O2/c1-17-7-3-2-5(11)4-6(7)8(16)10(14,15)9(12)13/h2-4,8-9,16H,1H3. The Kier molecular flexibility index (Phi) is 4.21. The first-order chi connectivity index (χ1) is 7.80. The lowest BCUT2D eigenvalue weighted by Crippen LogP contribution is -2.34. The van der Waals surface area contributed by atoms with Gasteiger partial charge in [-0.25, -0.2) is 8.78 Å². The maximum atomic E-state index is 13.0. The highest BCUT2D eigenvalue weighted by Crippen LogP contribution is 2.40. The summed E-state index contributed by atoms with van der Waals surface area (Å²) in [6, 6.07) is 3.50. The Hall–Kier alpha value is -1.01. The summed E-state index contributed by atoms with van der Waals surface area (Å²) in [5.74, 6) is -4.71. The predicted molar refractivity (Wildman–Crippen MR) is 53.9 cm³/mol. The number of methoxy groups -OCH3 is 1. The molecule has 0 aliphatic heterocycles. The van der Waals surface area contributed by atoms with Crippen LogP contribution in [0.5, 0.6) is 5.75 Å². The van der Waals surface area contributed by atoms with E-state index in [2.05, 4.69) is 0 Å². The molecule has 17 heavy (non-hydrogen) atoms. The van der Waals surface area contributed by atoms with E-state index in [1.807, 2.05) is 0 Å². The number of aliphatic hydroxyl groups is 1. The molecule has 7 heteroatoms. The van der Waals surface area contributed by atoms with Crippen LogP contribution in [0.4, 0.5) is 17.6 Å². The molecule has 0 spiro atoms. The summed E-state index contributed by atoms with van der Waals surface area (Å²) in [5.41, 5.74) is -0.481. The lowest BCUT2D eigenvalue weighted by molar-refractivity contribution is -0.194. The Morgan fingerprint density at radius 3 is 2.41 bits per heavy atom. The maximum Gasteiger partial charge on any atom is 0.336 e. The summed E-state index contributed by atoms with van der Waals surface area (Å²) in [4.78, 5) is 0. The third kappa shape index (κ3) is 2.81. The Labute approximate surface area is 99.8 Å². The van der Waals surface area contributed by atoms with Crippen LogP contribution >= 0.6 is 11.6 Å². The van der Waals surface area contributed by atoms with Crippen molar-refractivity contribution in [2.75, 3.05) is 7.11 Å². The van der Waals surface area contributed by atoms with Crippen LogP contribution in [0.1, 0.15) is 11.7 Å². The molecule has 96 valence electrons. The molecule has 0 bridgehead atoms. The van der Waals surface area contributed by atoms with E-state index >= 15 is 0 Å². The highest BCUT2D eigenvalue weighted by molar-refractivity contribution is 6.30. The molecule has 0 aliphatic rings. The molecular weight excluding hydrogens is 264 g/mol. The van der Waals surface area contributed by atoms with Crippen molar-refractivity contribution in [2.24, 2.45) is 0 Å². The summed E-state index contributed by atoms with van der Waals surface area (Å²) in [6.45, 7) is 0. The fourth-order valence-corrected chi connectivity index (χ4v) is 1.43. The minimum Gasteiger partial charge on any atom is -0.496 e. The highest BCUT2D eigenvalue weighted by atomic mass is 35.5. The number of alkyl halides is 4. The van der Waals surface area contributed by atoms with Gasteiger partial charge in [0.1, 0.15) is 5.75 Å². The van der Waals surface area contributed by atoms with Gasteiger partial charge in [-0.05, 0) is 18.2 Å². The lowest BCUT2D eigenvalue weighted by atomic mass is 10.0. The van der Waals surface area contributed by atoms with Gasteiger partial charge in [0.05, 0.1) is 7.11 Å². The van der Waals surface area contributed by atoms with E-state index in [0.717, 1.165) is 6.07 Å². The minimum atomic E-state index is -4.57. The second-order valence-electron chi connectivity index (χ2n) is 3.26. The summed E-state index contributed by atoms with van der Waals surface area (Å²) in [5, 5.41) is 9.32. The van der Waals surface area contributed by atoms with Gasteiger partial charge in [-0.3, -0.25) is 0 Å². The average Bonchev–Trinajstić information content (AvgIpc) is 2.27. The summed E-state index contributed by atoms with van der Waals surface area (Å²) >= 11 is 5.55. The number of halogens is 5. The summed E-state index contributed by atoms with van der Waals surface area (Å²) in [7, 11) is 1.17. The SMILES string of the molecule is COc1ccc(Cl)cc1C(O)C(F)(F)C(F)F. The first-order valence-electron chi connectivity index (χ1n) is 4.48. The van der Waals surface area contributed by atoms with E-state index in [9.17, 15) is 22.7 Å². The van der Waals surface area contributed by atoms with Crippen molar-refractivity contribution in [1.82, 2.24) is 0 Å². The number of rotatable bonds is 4. The molecule has 0 saturated carbocycles. The van der Waals surface area contributed by atoms with E-state index < -0.39 is 24.0 Å². The average molecular weight is 273 g/mol. The van der Waals surface area contributed by atoms with Gasteiger partial charge in [0.15, 0.2) is 6.10 Å². The van der Waals surface area contributed by atoms with Gasteiger partial charge in [-0.2, -0.15) is 8.78 Å². The zero-order valence-electron chi connectivity index (χ0n) is 8.63. The zero-order chi connectivity index (χ0) is 13.2. The van der Waals surface area contributed by atoms with Gasteiger partial charge < -0.3 is 9.84 Å². The molecule has 1 rings (SSSR count). The fourth-order valence-electron chi connectivity index (χ4n) is 1.25. The molecule has 0 fully saturated rings. The van der Waals surface area contributed by atoms with Crippen LogP contribution in [0, 0.1) is 0 Å². The van der Waals surface area contributed by atoms with Gasteiger partial charge >= 0.3 is 12.3 Å². The third-order valence-electron chi connectivity index (χ3n) is 2.14. The number of aliphatic hydroxyl groups excluding tert-OH is 1. The van der Waals surface area contributed by atoms with Gasteiger partial charge in [0.2, 0.25) is 0 Å². The minimum absolute atomic E-state index is 0.0323. The van der Waals surface area contributed by atoms with Crippen molar-refractivity contribution in [2.45, 2.75) is 18.5 Å². The lowest BCUT2D eigenvalue weighted by Gasteiger charge is -2.23. The van der Waals surface area contributed by atoms with Gasteiger partial charge in [0.25, 0.3) is 0 Å². The fraction of sp³-hybridized carbons (Fsp3) is 0.400. The topological polar surface area (TPSA) is 29.5 Å². The number of benzene rings is 1. The Bertz CT molecular complexity index is 398. The van der Waals surface area contributed by atoms with Gasteiger partial charge in [-0.1, -0.05) is 11.6 Å². The molecule has 1 aromatic rings. The largest absolute Gasteiger partial charge is 0.496 e. The third-order valence-corrected chi connectivity index (χ3v) is 2.38. The van der Waals surface area contributed by atoms with Gasteiger partial charge in [-0.15, -0.1) is 0 Å². The maximum absolute atomic E-state index is 13.0. The first-order valence-corrected chi connectivity index (χ1v) is 4.86. The van der Waals surface area contributed by atoms with Crippen LogP contribution in [-0.4, -0.2) is 24.6 Å². The van der Waals surface area contributed by atoms with Crippen LogP contribution in [0.15, 0.2) is 18.2 Å². The van der Waals surface area contributed by atoms with Crippen LogP contribution in [0.2, 0.25) is 5.02 Å². The van der Waals surface area contributed by atoms with Crippen molar-refractivity contribution < 1.29 is 27.4 Å². The summed E-state index contributed by atoms with van der Waals surface area (Å²) < 4.78 is 54.9. The van der Waals surface area contributed by atoms with Crippen molar-refractivity contribution in [3.63, 3.8) is 0 Å². The van der Waals surface area contributed by atoms with Crippen LogP contribution in [0.3, 0.4) is 0 Å². The molecule has 0 aliphatic carbocycles. The molecular formula is C10H9ClF4O2. The van der Waals surface area contributed by atoms with Crippen LogP contribution in [-0.2, 0) is 0 Å². The monoisotopic (exact) mass is 272 g/mol. The van der Waals surface area contributed by atoms with Crippen molar-refractivity contribution in [3.05, 3.63) is 28.8 Å². The van der Waals surface area contributed by atoms with Crippen molar-refractivity contribution in [1.29, 1.82) is 0 Å². The normalized spacial score (nSPS) is 13.9. The quantitative estimate of drug-likeness (QED) is 0.853. The highest BCUT2D eigenvalue weighted by Gasteiger charge is 2.49. The smallest absolute Gasteiger partial charge is 0.336 e. The number of hydrogen-bond donors (Lipinski definition) is 1. The van der Waals surface area contributed by atoms with E-state index in [1.165, 1.54) is 19.2 Å². The molecule has 1 aromatic carbocycles. The van der Waals surface area contributed by atoms with Gasteiger partial charge in [0, 0.05) is 10.6 Å². The Morgan fingerprint density at radius 1 is 1.35 bits per heavy atom. The predicted octanol–water partition coefficient (Wildman–Crippen LogP) is 3.28. The molecule has 0 heterocycles. The second-order valence-corrected chi connectivity index (χ2v) is 3.70. The Balaban J connectivity index is 3.19. The van der Waals surface area contributed by atoms with Crippen LogP contribution in [0.25, 0.3) is 0 Å². The summed E-state index contributed by atoms with van der Waals surface area (Å²) in [6.07, 6.45) is -6.67. The zero-order valence-corrected chi connectivity index (χ0v) is 9.39. The molecule has 0 aromatic heterocycles. The molecule has 2 nitrogen and oxygen atoms in total.